The molecule has 2 aromatic rings. The Hall–Kier alpha value is -2.95. The summed E-state index contributed by atoms with van der Waals surface area (Å²) in [7, 11) is 0. The summed E-state index contributed by atoms with van der Waals surface area (Å²) >= 11 is 0. The van der Waals surface area contributed by atoms with Gasteiger partial charge in [0.15, 0.2) is 0 Å². The van der Waals surface area contributed by atoms with Gasteiger partial charge < -0.3 is 20.1 Å². The highest BCUT2D eigenvalue weighted by atomic mass is 16.5. The van der Waals surface area contributed by atoms with Crippen LogP contribution in [0.15, 0.2) is 60.7 Å². The minimum absolute atomic E-state index is 0.131. The first kappa shape index (κ1) is 19.4. The molecule has 0 saturated heterocycles. The van der Waals surface area contributed by atoms with Crippen molar-refractivity contribution >= 4 is 17.3 Å². The lowest BCUT2D eigenvalue weighted by Gasteiger charge is -2.11. The second-order valence-corrected chi connectivity index (χ2v) is 6.05. The largest absolute Gasteiger partial charge is 0.494 e. The molecular formula is C21H26N2O3. The van der Waals surface area contributed by atoms with Gasteiger partial charge >= 0.3 is 0 Å². The summed E-state index contributed by atoms with van der Waals surface area (Å²) in [5, 5.41) is 5.94. The number of anilines is 2. The first-order valence-corrected chi connectivity index (χ1v) is 8.70. The van der Waals surface area contributed by atoms with Crippen molar-refractivity contribution in [3.05, 3.63) is 60.7 Å². The molecule has 2 rings (SSSR count). The zero-order valence-corrected chi connectivity index (χ0v) is 15.4. The van der Waals surface area contributed by atoms with E-state index >= 15 is 0 Å². The van der Waals surface area contributed by atoms with Gasteiger partial charge in [0.25, 0.3) is 0 Å². The van der Waals surface area contributed by atoms with Crippen LogP contribution in [0, 0.1) is 0 Å². The number of nitrogens with one attached hydrogen (secondary N) is 2. The quantitative estimate of drug-likeness (QED) is 0.618. The fourth-order valence-electron chi connectivity index (χ4n) is 2.15. The Morgan fingerprint density at radius 1 is 1.04 bits per heavy atom. The number of carbonyl (C=O) groups excluding carboxylic acids is 1. The van der Waals surface area contributed by atoms with Crippen molar-refractivity contribution in [3.8, 4) is 11.5 Å². The number of carbonyl (C=O) groups is 1. The smallest absolute Gasteiger partial charge is 0.243 e. The van der Waals surface area contributed by atoms with Crippen LogP contribution < -0.4 is 20.1 Å². The monoisotopic (exact) mass is 354 g/mol. The Morgan fingerprint density at radius 3 is 2.50 bits per heavy atom. The highest BCUT2D eigenvalue weighted by molar-refractivity contribution is 5.93. The third kappa shape index (κ3) is 6.89. The Bertz CT molecular complexity index is 726. The average Bonchev–Trinajstić information content (AvgIpc) is 2.64. The molecule has 1 amide bonds. The van der Waals surface area contributed by atoms with Crippen LogP contribution >= 0.6 is 0 Å². The van der Waals surface area contributed by atoms with Crippen molar-refractivity contribution in [2.45, 2.75) is 20.3 Å². The summed E-state index contributed by atoms with van der Waals surface area (Å²) in [6.07, 6.45) is 0.972. The third-order valence-corrected chi connectivity index (χ3v) is 3.38. The lowest BCUT2D eigenvalue weighted by Crippen LogP contribution is -2.21. The number of hydrogen-bond acceptors (Lipinski definition) is 4. The molecule has 0 aliphatic rings. The normalized spacial score (nSPS) is 10.1. The highest BCUT2D eigenvalue weighted by Gasteiger charge is 2.04. The zero-order chi connectivity index (χ0) is 18.8. The van der Waals surface area contributed by atoms with Crippen LogP contribution in [0.1, 0.15) is 20.3 Å². The standard InChI is InChI=1S/C21H26N2O3/c1-4-12-25-19-10-8-17(9-11-19)22-14-21(24)23-18-6-5-7-20(13-18)26-15-16(2)3/h5-11,13,22H,2,4,12,14-15H2,1,3H3,(H,23,24). The van der Waals surface area contributed by atoms with Gasteiger partial charge in [0, 0.05) is 17.4 Å². The van der Waals surface area contributed by atoms with Gasteiger partial charge in [0.2, 0.25) is 5.91 Å². The maximum atomic E-state index is 12.1. The van der Waals surface area contributed by atoms with E-state index in [0.717, 1.165) is 23.4 Å². The fourth-order valence-corrected chi connectivity index (χ4v) is 2.15. The van der Waals surface area contributed by atoms with Gasteiger partial charge in [-0.25, -0.2) is 0 Å². The van der Waals surface area contributed by atoms with Crippen LogP contribution in [0.25, 0.3) is 0 Å². The topological polar surface area (TPSA) is 59.6 Å². The molecule has 138 valence electrons. The van der Waals surface area contributed by atoms with Gasteiger partial charge in [-0.3, -0.25) is 4.79 Å². The maximum absolute atomic E-state index is 12.1. The molecule has 0 aliphatic carbocycles. The minimum atomic E-state index is -0.131. The van der Waals surface area contributed by atoms with Gasteiger partial charge in [-0.15, -0.1) is 0 Å². The van der Waals surface area contributed by atoms with Crippen molar-refractivity contribution in [3.63, 3.8) is 0 Å². The van der Waals surface area contributed by atoms with Gasteiger partial charge in [0.05, 0.1) is 13.2 Å². The fraction of sp³-hybridized carbons (Fsp3) is 0.286. The molecule has 0 saturated carbocycles. The van der Waals surface area contributed by atoms with Crippen LogP contribution in [-0.2, 0) is 4.79 Å². The molecule has 5 nitrogen and oxygen atoms in total. The van der Waals surface area contributed by atoms with Gasteiger partial charge in [-0.2, -0.15) is 0 Å². The molecule has 0 aliphatic heterocycles. The van der Waals surface area contributed by atoms with Crippen LogP contribution in [0.3, 0.4) is 0 Å². The predicted octanol–water partition coefficient (Wildman–Crippen LogP) is 4.48. The Labute approximate surface area is 155 Å². The molecule has 0 atom stereocenters. The van der Waals surface area contributed by atoms with E-state index in [1.165, 1.54) is 0 Å². The Kier molecular flexibility index (Phi) is 7.55. The van der Waals surface area contributed by atoms with E-state index in [9.17, 15) is 4.79 Å². The van der Waals surface area contributed by atoms with E-state index in [4.69, 9.17) is 9.47 Å². The highest BCUT2D eigenvalue weighted by Crippen LogP contribution is 2.18. The van der Waals surface area contributed by atoms with E-state index in [-0.39, 0.29) is 12.5 Å². The van der Waals surface area contributed by atoms with Crippen molar-refractivity contribution < 1.29 is 14.3 Å². The molecule has 5 heteroatoms. The molecule has 26 heavy (non-hydrogen) atoms. The first-order chi connectivity index (χ1) is 12.6. The average molecular weight is 354 g/mol. The molecule has 0 heterocycles. The summed E-state index contributed by atoms with van der Waals surface area (Å²) < 4.78 is 11.1. The summed E-state index contributed by atoms with van der Waals surface area (Å²) in [6.45, 7) is 9.10. The SMILES string of the molecule is C=C(C)COc1cccc(NC(=O)CNc2ccc(OCCC)cc2)c1. The number of amides is 1. The second kappa shape index (κ2) is 10.1. The van der Waals surface area contributed by atoms with Gasteiger partial charge in [-0.05, 0) is 55.3 Å². The second-order valence-electron chi connectivity index (χ2n) is 6.05. The van der Waals surface area contributed by atoms with Crippen LogP contribution in [-0.4, -0.2) is 25.7 Å². The molecule has 0 radical (unpaired) electrons. The number of ether oxygens (including phenoxy) is 2. The number of hydrogen-bond donors (Lipinski definition) is 2. The third-order valence-electron chi connectivity index (χ3n) is 3.38. The lowest BCUT2D eigenvalue weighted by molar-refractivity contribution is -0.114. The van der Waals surface area contributed by atoms with Crippen LogP contribution in [0.5, 0.6) is 11.5 Å². The molecule has 2 N–H and O–H groups in total. The maximum Gasteiger partial charge on any atom is 0.243 e. The van der Waals surface area contributed by atoms with Crippen molar-refractivity contribution in [2.24, 2.45) is 0 Å². The van der Waals surface area contributed by atoms with E-state index in [1.807, 2.05) is 49.4 Å². The van der Waals surface area contributed by atoms with E-state index in [0.29, 0.717) is 24.7 Å². The van der Waals surface area contributed by atoms with E-state index in [2.05, 4.69) is 24.1 Å². The summed E-state index contributed by atoms with van der Waals surface area (Å²) in [5.41, 5.74) is 2.50. The van der Waals surface area contributed by atoms with Crippen LogP contribution in [0.2, 0.25) is 0 Å². The van der Waals surface area contributed by atoms with Gasteiger partial charge in [0.1, 0.15) is 18.1 Å². The molecular weight excluding hydrogens is 328 g/mol. The Morgan fingerprint density at radius 2 is 1.81 bits per heavy atom. The molecule has 0 bridgehead atoms. The van der Waals surface area contributed by atoms with Crippen molar-refractivity contribution in [1.82, 2.24) is 0 Å². The summed E-state index contributed by atoms with van der Waals surface area (Å²) in [4.78, 5) is 12.1. The van der Waals surface area contributed by atoms with Gasteiger partial charge in [-0.1, -0.05) is 19.6 Å². The van der Waals surface area contributed by atoms with Crippen molar-refractivity contribution in [2.75, 3.05) is 30.4 Å². The van der Waals surface area contributed by atoms with Crippen LogP contribution in [0.4, 0.5) is 11.4 Å². The predicted molar refractivity (Wildman–Crippen MR) is 106 cm³/mol. The zero-order valence-electron chi connectivity index (χ0n) is 15.4. The summed E-state index contributed by atoms with van der Waals surface area (Å²) in [5.74, 6) is 1.39. The lowest BCUT2D eigenvalue weighted by atomic mass is 10.3. The first-order valence-electron chi connectivity index (χ1n) is 8.70. The molecule has 0 spiro atoms. The van der Waals surface area contributed by atoms with E-state index < -0.39 is 0 Å². The molecule has 2 aromatic carbocycles. The van der Waals surface area contributed by atoms with Crippen molar-refractivity contribution in [1.29, 1.82) is 0 Å². The Balaban J connectivity index is 1.81. The summed E-state index contributed by atoms with van der Waals surface area (Å²) in [6, 6.07) is 14.9. The molecule has 0 fully saturated rings. The van der Waals surface area contributed by atoms with E-state index in [1.54, 1.807) is 6.07 Å². The number of rotatable bonds is 10. The molecule has 0 unspecified atom stereocenters. The number of benzene rings is 2. The molecule has 0 aromatic heterocycles. The minimum Gasteiger partial charge on any atom is -0.494 e.